The van der Waals surface area contributed by atoms with Crippen LogP contribution in [0.4, 0.5) is 13.2 Å². The quantitative estimate of drug-likeness (QED) is 0.372. The molecule has 0 saturated carbocycles. The molecule has 0 spiro atoms. The van der Waals surface area contributed by atoms with Gasteiger partial charge in [-0.15, -0.1) is 0 Å². The molecular weight excluding hydrogens is 535 g/mol. The Bertz CT molecular complexity index is 1350. The minimum Gasteiger partial charge on any atom is -0.457 e. The molecule has 0 unspecified atom stereocenters. The third-order valence-electron chi connectivity index (χ3n) is 6.10. The highest BCUT2D eigenvalue weighted by Gasteiger charge is 2.31. The Morgan fingerprint density at radius 3 is 2.46 bits per heavy atom. The van der Waals surface area contributed by atoms with Crippen LogP contribution in [0.2, 0.25) is 5.02 Å². The van der Waals surface area contributed by atoms with Gasteiger partial charge in [-0.3, -0.25) is 14.5 Å². The van der Waals surface area contributed by atoms with Crippen molar-refractivity contribution in [3.63, 3.8) is 0 Å². The van der Waals surface area contributed by atoms with Gasteiger partial charge >= 0.3 is 6.18 Å². The molecule has 206 valence electrons. The number of rotatable bonds is 8. The minimum absolute atomic E-state index is 0.0475. The third kappa shape index (κ3) is 7.72. The fourth-order valence-electron chi connectivity index (χ4n) is 3.91. The molecule has 1 aromatic heterocycles. The standard InChI is InChI=1S/C28H27ClF3N3O4/c1-18-2-4-19(5-3-18)26(36)34-24(27(37)33-10-11-35-12-14-38-15-13-35)17-21-7-9-25(39-21)22-16-20(28(30,31)32)6-8-23(22)29/h2-9,16-17H,10-15H2,1H3,(H,33,37)(H,34,36). The number of furan rings is 1. The molecule has 1 fully saturated rings. The number of aryl methyl sites for hydroxylation is 1. The van der Waals surface area contributed by atoms with Gasteiger partial charge in [0.2, 0.25) is 0 Å². The van der Waals surface area contributed by atoms with Gasteiger partial charge < -0.3 is 19.8 Å². The molecule has 2 aromatic carbocycles. The topological polar surface area (TPSA) is 83.8 Å². The summed E-state index contributed by atoms with van der Waals surface area (Å²) in [4.78, 5) is 28.1. The van der Waals surface area contributed by atoms with E-state index in [0.717, 1.165) is 36.9 Å². The average Bonchev–Trinajstić information content (AvgIpc) is 3.37. The molecule has 2 heterocycles. The van der Waals surface area contributed by atoms with Crippen LogP contribution < -0.4 is 10.6 Å². The van der Waals surface area contributed by atoms with Crippen molar-refractivity contribution < 1.29 is 31.9 Å². The van der Waals surface area contributed by atoms with Crippen molar-refractivity contribution in [2.45, 2.75) is 13.1 Å². The first-order valence-corrected chi connectivity index (χ1v) is 12.6. The van der Waals surface area contributed by atoms with E-state index in [4.69, 9.17) is 20.8 Å². The SMILES string of the molecule is Cc1ccc(C(=O)NC(=Cc2ccc(-c3cc(C(F)(F)F)ccc3Cl)o2)C(=O)NCCN2CCOCC2)cc1. The summed E-state index contributed by atoms with van der Waals surface area (Å²) in [6, 6.07) is 12.7. The van der Waals surface area contributed by atoms with Gasteiger partial charge in [-0.25, -0.2) is 0 Å². The first-order chi connectivity index (χ1) is 18.6. The van der Waals surface area contributed by atoms with Crippen LogP contribution in [0.15, 0.2) is 64.7 Å². The molecule has 0 radical (unpaired) electrons. The van der Waals surface area contributed by atoms with Crippen molar-refractivity contribution in [2.75, 3.05) is 39.4 Å². The van der Waals surface area contributed by atoms with E-state index in [-0.39, 0.29) is 27.8 Å². The summed E-state index contributed by atoms with van der Waals surface area (Å²) < 4.78 is 50.7. The van der Waals surface area contributed by atoms with Crippen LogP contribution in [0.5, 0.6) is 0 Å². The number of morpholine rings is 1. The monoisotopic (exact) mass is 561 g/mol. The summed E-state index contributed by atoms with van der Waals surface area (Å²) in [7, 11) is 0. The normalized spacial score (nSPS) is 14.7. The molecule has 39 heavy (non-hydrogen) atoms. The number of nitrogens with one attached hydrogen (secondary N) is 2. The molecular formula is C28H27ClF3N3O4. The fourth-order valence-corrected chi connectivity index (χ4v) is 4.12. The maximum absolute atomic E-state index is 13.2. The summed E-state index contributed by atoms with van der Waals surface area (Å²) >= 11 is 6.14. The van der Waals surface area contributed by atoms with Gasteiger partial charge in [-0.2, -0.15) is 13.2 Å². The second-order valence-electron chi connectivity index (χ2n) is 8.98. The zero-order chi connectivity index (χ0) is 28.0. The van der Waals surface area contributed by atoms with E-state index in [2.05, 4.69) is 15.5 Å². The van der Waals surface area contributed by atoms with Gasteiger partial charge in [0.1, 0.15) is 17.2 Å². The molecule has 7 nitrogen and oxygen atoms in total. The largest absolute Gasteiger partial charge is 0.457 e. The van der Waals surface area contributed by atoms with E-state index >= 15 is 0 Å². The lowest BCUT2D eigenvalue weighted by molar-refractivity contribution is -0.137. The van der Waals surface area contributed by atoms with Crippen LogP contribution in [0, 0.1) is 6.92 Å². The van der Waals surface area contributed by atoms with Gasteiger partial charge in [-0.1, -0.05) is 29.3 Å². The molecule has 0 bridgehead atoms. The molecule has 1 aliphatic heterocycles. The maximum Gasteiger partial charge on any atom is 0.416 e. The Balaban J connectivity index is 1.56. The number of amides is 2. The first-order valence-electron chi connectivity index (χ1n) is 12.2. The Labute approximate surface area is 228 Å². The van der Waals surface area contributed by atoms with Gasteiger partial charge in [0.15, 0.2) is 0 Å². The zero-order valence-electron chi connectivity index (χ0n) is 21.1. The van der Waals surface area contributed by atoms with Crippen molar-refractivity contribution in [3.05, 3.63) is 87.8 Å². The van der Waals surface area contributed by atoms with Crippen molar-refractivity contribution in [3.8, 4) is 11.3 Å². The highest BCUT2D eigenvalue weighted by Crippen LogP contribution is 2.36. The highest BCUT2D eigenvalue weighted by molar-refractivity contribution is 6.33. The van der Waals surface area contributed by atoms with Crippen LogP contribution >= 0.6 is 11.6 Å². The van der Waals surface area contributed by atoms with E-state index in [9.17, 15) is 22.8 Å². The van der Waals surface area contributed by atoms with Gasteiger partial charge in [0.05, 0.1) is 23.8 Å². The van der Waals surface area contributed by atoms with E-state index in [1.165, 1.54) is 18.2 Å². The smallest absolute Gasteiger partial charge is 0.416 e. The van der Waals surface area contributed by atoms with E-state index in [1.54, 1.807) is 24.3 Å². The molecule has 4 rings (SSSR count). The lowest BCUT2D eigenvalue weighted by atomic mass is 10.1. The molecule has 2 N–H and O–H groups in total. The molecule has 11 heteroatoms. The summed E-state index contributed by atoms with van der Waals surface area (Å²) in [5.41, 5.74) is 0.411. The summed E-state index contributed by atoms with van der Waals surface area (Å²) in [5, 5.41) is 5.49. The second-order valence-corrected chi connectivity index (χ2v) is 9.39. The number of alkyl halides is 3. The third-order valence-corrected chi connectivity index (χ3v) is 6.43. The molecule has 3 aromatic rings. The number of hydrogen-bond acceptors (Lipinski definition) is 5. The van der Waals surface area contributed by atoms with Crippen molar-refractivity contribution in [1.82, 2.24) is 15.5 Å². The number of ether oxygens (including phenoxy) is 1. The lowest BCUT2D eigenvalue weighted by Crippen LogP contribution is -2.42. The lowest BCUT2D eigenvalue weighted by Gasteiger charge is -2.26. The second kappa shape index (κ2) is 12.5. The number of benzene rings is 2. The van der Waals surface area contributed by atoms with Crippen LogP contribution in [0.3, 0.4) is 0 Å². The van der Waals surface area contributed by atoms with Crippen molar-refractivity contribution in [1.29, 1.82) is 0 Å². The Morgan fingerprint density at radius 1 is 1.05 bits per heavy atom. The van der Waals surface area contributed by atoms with Crippen LogP contribution in [-0.4, -0.2) is 56.1 Å². The Kier molecular flexibility index (Phi) is 9.11. The van der Waals surface area contributed by atoms with E-state index < -0.39 is 23.6 Å². The van der Waals surface area contributed by atoms with Crippen molar-refractivity contribution >= 4 is 29.5 Å². The summed E-state index contributed by atoms with van der Waals surface area (Å²) in [6.45, 7) is 5.60. The first kappa shape index (κ1) is 28.4. The molecule has 0 atom stereocenters. The van der Waals surface area contributed by atoms with E-state index in [0.29, 0.717) is 31.9 Å². The molecule has 1 aliphatic rings. The number of hydrogen-bond donors (Lipinski definition) is 2. The van der Waals surface area contributed by atoms with Gasteiger partial charge in [-0.05, 0) is 49.4 Å². The number of halogens is 4. The summed E-state index contributed by atoms with van der Waals surface area (Å²) in [6.07, 6.45) is -3.23. The minimum atomic E-state index is -4.55. The van der Waals surface area contributed by atoms with Gasteiger partial charge in [0.25, 0.3) is 11.8 Å². The maximum atomic E-state index is 13.2. The van der Waals surface area contributed by atoms with Crippen molar-refractivity contribution in [2.24, 2.45) is 0 Å². The number of carbonyl (C=O) groups excluding carboxylic acids is 2. The predicted octanol–water partition coefficient (Wildman–Crippen LogP) is 5.15. The zero-order valence-corrected chi connectivity index (χ0v) is 21.9. The fraction of sp³-hybridized carbons (Fsp3) is 0.286. The van der Waals surface area contributed by atoms with Crippen LogP contribution in [0.1, 0.15) is 27.2 Å². The number of nitrogens with zero attached hydrogens (tertiary/aromatic N) is 1. The molecule has 1 saturated heterocycles. The van der Waals surface area contributed by atoms with E-state index in [1.807, 2.05) is 6.92 Å². The number of carbonyl (C=O) groups is 2. The average molecular weight is 562 g/mol. The summed E-state index contributed by atoms with van der Waals surface area (Å²) in [5.74, 6) is -0.827. The highest BCUT2D eigenvalue weighted by atomic mass is 35.5. The molecule has 0 aliphatic carbocycles. The Morgan fingerprint density at radius 2 is 1.77 bits per heavy atom. The van der Waals surface area contributed by atoms with Crippen LogP contribution in [0.25, 0.3) is 17.4 Å². The molecule has 2 amide bonds. The van der Waals surface area contributed by atoms with Gasteiger partial charge in [0, 0.05) is 43.4 Å². The Hall–Kier alpha value is -3.60. The van der Waals surface area contributed by atoms with Crippen LogP contribution in [-0.2, 0) is 15.7 Å². The predicted molar refractivity (Wildman–Crippen MR) is 141 cm³/mol.